The van der Waals surface area contributed by atoms with Gasteiger partial charge in [-0.15, -0.1) is 6.58 Å². The molecule has 1 aliphatic rings. The second-order valence-electron chi connectivity index (χ2n) is 7.89. The number of carbonyl (C=O) groups is 2. The van der Waals surface area contributed by atoms with Crippen LogP contribution in [-0.2, 0) is 14.2 Å². The van der Waals surface area contributed by atoms with E-state index < -0.39 is 30.3 Å². The molecule has 0 unspecified atom stereocenters. The van der Waals surface area contributed by atoms with E-state index in [0.29, 0.717) is 17.5 Å². The predicted molar refractivity (Wildman–Crippen MR) is 120 cm³/mol. The largest absolute Gasteiger partial charge is 0.458 e. The number of aliphatic hydroxyl groups excluding tert-OH is 1. The Labute approximate surface area is 188 Å². The minimum absolute atomic E-state index is 0.0321. The average molecular weight is 439 g/mol. The third kappa shape index (κ3) is 6.05. The van der Waals surface area contributed by atoms with Gasteiger partial charge in [-0.1, -0.05) is 49.4 Å². The molecule has 0 bridgehead atoms. The summed E-state index contributed by atoms with van der Waals surface area (Å²) >= 11 is 0. The zero-order valence-electron chi connectivity index (χ0n) is 18.3. The molecule has 0 radical (unpaired) electrons. The first-order chi connectivity index (χ1) is 15.5. The van der Waals surface area contributed by atoms with Crippen LogP contribution < -0.4 is 0 Å². The van der Waals surface area contributed by atoms with Gasteiger partial charge in [0, 0.05) is 12.3 Å². The van der Waals surface area contributed by atoms with Gasteiger partial charge in [-0.05, 0) is 37.1 Å². The van der Waals surface area contributed by atoms with Crippen molar-refractivity contribution in [2.75, 3.05) is 6.61 Å². The highest BCUT2D eigenvalue weighted by Gasteiger charge is 2.43. The first-order valence-corrected chi connectivity index (χ1v) is 11.0. The number of benzene rings is 2. The van der Waals surface area contributed by atoms with Crippen LogP contribution in [0.15, 0.2) is 73.3 Å². The van der Waals surface area contributed by atoms with Crippen LogP contribution in [0.1, 0.15) is 46.9 Å². The van der Waals surface area contributed by atoms with Crippen LogP contribution in [-0.4, -0.2) is 48.1 Å². The Morgan fingerprint density at radius 2 is 1.62 bits per heavy atom. The summed E-state index contributed by atoms with van der Waals surface area (Å²) in [5.74, 6) is -1.06. The molecule has 1 aliphatic heterocycles. The number of rotatable bonds is 10. The smallest absolute Gasteiger partial charge is 0.338 e. The highest BCUT2D eigenvalue weighted by atomic mass is 16.6. The molecular formula is C26H30O6. The lowest BCUT2D eigenvalue weighted by molar-refractivity contribution is -0.0449. The average Bonchev–Trinajstić information content (AvgIpc) is 3.12. The summed E-state index contributed by atoms with van der Waals surface area (Å²) in [5.41, 5.74) is 0.811. The van der Waals surface area contributed by atoms with Crippen molar-refractivity contribution < 1.29 is 28.9 Å². The summed E-state index contributed by atoms with van der Waals surface area (Å²) < 4.78 is 17.2. The molecule has 2 aromatic rings. The maximum atomic E-state index is 12.6. The molecule has 0 spiro atoms. The van der Waals surface area contributed by atoms with E-state index in [4.69, 9.17) is 14.2 Å². The summed E-state index contributed by atoms with van der Waals surface area (Å²) in [5, 5.41) is 10.8. The van der Waals surface area contributed by atoms with Crippen molar-refractivity contribution >= 4 is 11.9 Å². The minimum Gasteiger partial charge on any atom is -0.458 e. The predicted octanol–water partition coefficient (Wildman–Crippen LogP) is 4.19. The van der Waals surface area contributed by atoms with Crippen molar-refractivity contribution in [2.24, 2.45) is 5.92 Å². The summed E-state index contributed by atoms with van der Waals surface area (Å²) in [7, 11) is 0. The second-order valence-corrected chi connectivity index (χ2v) is 7.89. The molecule has 5 atom stereocenters. The number of aliphatic hydroxyl groups is 1. The SMILES string of the molecule is C=CC[C@@H]1O[C@H](C[C@@H](COC(=O)c2ccccc2)OC(=O)c2ccccc2)[C@H](O)[C@H]1CC. The first kappa shape index (κ1) is 23.7. The molecule has 1 fully saturated rings. The monoisotopic (exact) mass is 438 g/mol. The van der Waals surface area contributed by atoms with Gasteiger partial charge in [-0.25, -0.2) is 9.59 Å². The summed E-state index contributed by atoms with van der Waals surface area (Å²) in [6.07, 6.45) is 1.23. The van der Waals surface area contributed by atoms with Crippen molar-refractivity contribution in [1.29, 1.82) is 0 Å². The van der Waals surface area contributed by atoms with Gasteiger partial charge in [0.15, 0.2) is 0 Å². The Morgan fingerprint density at radius 1 is 1.03 bits per heavy atom. The summed E-state index contributed by atoms with van der Waals surface area (Å²) in [6.45, 7) is 5.63. The number of hydrogen-bond donors (Lipinski definition) is 1. The summed E-state index contributed by atoms with van der Waals surface area (Å²) in [4.78, 5) is 25.0. The fraction of sp³-hybridized carbons (Fsp3) is 0.385. The van der Waals surface area contributed by atoms with Gasteiger partial charge in [-0.3, -0.25) is 0 Å². The van der Waals surface area contributed by atoms with Crippen LogP contribution in [0.2, 0.25) is 0 Å². The Bertz CT molecular complexity index is 882. The lowest BCUT2D eigenvalue weighted by atomic mass is 9.90. The minimum atomic E-state index is -0.769. The molecular weight excluding hydrogens is 408 g/mol. The highest BCUT2D eigenvalue weighted by Crippen LogP contribution is 2.34. The van der Waals surface area contributed by atoms with E-state index in [2.05, 4.69) is 6.58 Å². The zero-order valence-corrected chi connectivity index (χ0v) is 18.3. The van der Waals surface area contributed by atoms with Crippen molar-refractivity contribution in [3.63, 3.8) is 0 Å². The molecule has 6 nitrogen and oxygen atoms in total. The maximum absolute atomic E-state index is 12.6. The number of ether oxygens (including phenoxy) is 3. The van der Waals surface area contributed by atoms with E-state index in [0.717, 1.165) is 6.42 Å². The van der Waals surface area contributed by atoms with Gasteiger partial charge in [-0.2, -0.15) is 0 Å². The van der Waals surface area contributed by atoms with E-state index in [1.54, 1.807) is 54.6 Å². The third-order valence-corrected chi connectivity index (χ3v) is 5.71. The van der Waals surface area contributed by atoms with Crippen LogP contribution in [0.4, 0.5) is 0 Å². The molecule has 1 N–H and O–H groups in total. The maximum Gasteiger partial charge on any atom is 0.338 e. The van der Waals surface area contributed by atoms with Gasteiger partial charge < -0.3 is 19.3 Å². The second kappa shape index (κ2) is 11.6. The van der Waals surface area contributed by atoms with Crippen molar-refractivity contribution in [1.82, 2.24) is 0 Å². The zero-order chi connectivity index (χ0) is 22.9. The van der Waals surface area contributed by atoms with Crippen LogP contribution in [0.25, 0.3) is 0 Å². The van der Waals surface area contributed by atoms with Gasteiger partial charge in [0.25, 0.3) is 0 Å². The Kier molecular flexibility index (Phi) is 8.59. The van der Waals surface area contributed by atoms with E-state index in [-0.39, 0.29) is 25.0 Å². The van der Waals surface area contributed by atoms with Crippen molar-refractivity contribution in [3.8, 4) is 0 Å². The van der Waals surface area contributed by atoms with Gasteiger partial charge in [0.05, 0.1) is 29.4 Å². The molecule has 3 rings (SSSR count). The van der Waals surface area contributed by atoms with E-state index in [1.165, 1.54) is 0 Å². The van der Waals surface area contributed by atoms with Crippen LogP contribution in [0.3, 0.4) is 0 Å². The number of hydrogen-bond acceptors (Lipinski definition) is 6. The Balaban J connectivity index is 1.70. The normalized spacial score (nSPS) is 23.3. The van der Waals surface area contributed by atoms with Crippen LogP contribution in [0, 0.1) is 5.92 Å². The molecule has 0 saturated carbocycles. The lowest BCUT2D eigenvalue weighted by Gasteiger charge is -2.23. The van der Waals surface area contributed by atoms with Crippen molar-refractivity contribution in [3.05, 3.63) is 84.4 Å². The molecule has 0 aliphatic carbocycles. The molecule has 170 valence electrons. The first-order valence-electron chi connectivity index (χ1n) is 11.0. The summed E-state index contributed by atoms with van der Waals surface area (Å²) in [6, 6.07) is 17.2. The molecule has 0 amide bonds. The van der Waals surface area contributed by atoms with Gasteiger partial charge in [0.2, 0.25) is 0 Å². The third-order valence-electron chi connectivity index (χ3n) is 5.71. The molecule has 32 heavy (non-hydrogen) atoms. The molecule has 6 heteroatoms. The van der Waals surface area contributed by atoms with E-state index in [1.807, 2.05) is 19.1 Å². The number of carbonyl (C=O) groups excluding carboxylic acids is 2. The standard InChI is InChI=1S/C26H30O6/c1-3-11-22-21(4-2)24(27)23(32-22)16-20(31-26(29)19-14-9-6-10-15-19)17-30-25(28)18-12-7-5-8-13-18/h3,5-10,12-15,20-24,27H,1,4,11,16-17H2,2H3/t20-,21-,22-,23+,24+/m0/s1. The van der Waals surface area contributed by atoms with Gasteiger partial charge >= 0.3 is 11.9 Å². The van der Waals surface area contributed by atoms with Crippen LogP contribution in [0.5, 0.6) is 0 Å². The van der Waals surface area contributed by atoms with Crippen LogP contribution >= 0.6 is 0 Å². The van der Waals surface area contributed by atoms with Gasteiger partial charge in [0.1, 0.15) is 12.7 Å². The quantitative estimate of drug-likeness (QED) is 0.442. The van der Waals surface area contributed by atoms with Crippen molar-refractivity contribution in [2.45, 2.75) is 50.6 Å². The molecule has 1 heterocycles. The highest BCUT2D eigenvalue weighted by molar-refractivity contribution is 5.90. The fourth-order valence-electron chi connectivity index (χ4n) is 4.02. The van der Waals surface area contributed by atoms with E-state index in [9.17, 15) is 14.7 Å². The van der Waals surface area contributed by atoms with E-state index >= 15 is 0 Å². The fourth-order valence-corrected chi connectivity index (χ4v) is 4.02. The Hall–Kier alpha value is -2.96. The molecule has 0 aromatic heterocycles. The number of esters is 2. The molecule has 1 saturated heterocycles. The molecule has 2 aromatic carbocycles. The lowest BCUT2D eigenvalue weighted by Crippen LogP contribution is -2.34. The topological polar surface area (TPSA) is 82.1 Å². The Morgan fingerprint density at radius 3 is 2.19 bits per heavy atom.